The SMILES string of the molecule is COCCNCCNC(=O)CC1Oc2ccccc2NC1=O.Cl. The van der Waals surface area contributed by atoms with Gasteiger partial charge in [0.2, 0.25) is 5.91 Å². The molecule has 1 atom stereocenters. The van der Waals surface area contributed by atoms with E-state index in [4.69, 9.17) is 9.47 Å². The van der Waals surface area contributed by atoms with E-state index in [-0.39, 0.29) is 30.6 Å². The maximum absolute atomic E-state index is 11.9. The Hall–Kier alpha value is -1.83. The van der Waals surface area contributed by atoms with Gasteiger partial charge in [-0.05, 0) is 12.1 Å². The van der Waals surface area contributed by atoms with Crippen molar-refractivity contribution in [1.29, 1.82) is 0 Å². The number of nitrogens with one attached hydrogen (secondary N) is 3. The van der Waals surface area contributed by atoms with Gasteiger partial charge in [0.15, 0.2) is 6.10 Å². The minimum atomic E-state index is -0.795. The van der Waals surface area contributed by atoms with Gasteiger partial charge in [-0.3, -0.25) is 9.59 Å². The largest absolute Gasteiger partial charge is 0.478 e. The number of benzene rings is 1. The third-order valence-electron chi connectivity index (χ3n) is 3.18. The van der Waals surface area contributed by atoms with Crippen molar-refractivity contribution < 1.29 is 19.1 Å². The summed E-state index contributed by atoms with van der Waals surface area (Å²) >= 11 is 0. The molecule has 3 N–H and O–H groups in total. The fraction of sp³-hybridized carbons (Fsp3) is 0.467. The van der Waals surface area contributed by atoms with E-state index in [9.17, 15) is 9.59 Å². The molecule has 1 heterocycles. The second-order valence-corrected chi connectivity index (χ2v) is 4.89. The molecule has 1 unspecified atom stereocenters. The van der Waals surface area contributed by atoms with Crippen LogP contribution in [0.4, 0.5) is 5.69 Å². The van der Waals surface area contributed by atoms with Gasteiger partial charge in [-0.25, -0.2) is 0 Å². The summed E-state index contributed by atoms with van der Waals surface area (Å²) in [6, 6.07) is 7.15. The van der Waals surface area contributed by atoms with E-state index in [1.165, 1.54) is 0 Å². The summed E-state index contributed by atoms with van der Waals surface area (Å²) in [6.45, 7) is 2.50. The van der Waals surface area contributed by atoms with Crippen LogP contribution in [-0.2, 0) is 14.3 Å². The molecule has 2 amide bonds. The molecule has 0 bridgehead atoms. The van der Waals surface area contributed by atoms with Crippen molar-refractivity contribution in [3.8, 4) is 5.75 Å². The number of hydrogen-bond acceptors (Lipinski definition) is 5. The molecule has 0 saturated carbocycles. The second-order valence-electron chi connectivity index (χ2n) is 4.89. The first-order chi connectivity index (χ1) is 10.7. The molecular formula is C15H22ClN3O4. The van der Waals surface area contributed by atoms with Gasteiger partial charge in [-0.1, -0.05) is 12.1 Å². The zero-order chi connectivity index (χ0) is 15.8. The molecule has 0 spiro atoms. The highest BCUT2D eigenvalue weighted by atomic mass is 35.5. The summed E-state index contributed by atoms with van der Waals surface area (Å²) in [5, 5.41) is 8.60. The molecule has 0 aliphatic carbocycles. The molecule has 0 aromatic heterocycles. The lowest BCUT2D eigenvalue weighted by molar-refractivity contribution is -0.130. The Morgan fingerprint density at radius 1 is 1.30 bits per heavy atom. The molecule has 1 aliphatic heterocycles. The number of anilines is 1. The zero-order valence-corrected chi connectivity index (χ0v) is 13.8. The Bertz CT molecular complexity index is 527. The van der Waals surface area contributed by atoms with Crippen molar-refractivity contribution in [3.63, 3.8) is 0 Å². The van der Waals surface area contributed by atoms with Crippen LogP contribution in [0, 0.1) is 0 Å². The van der Waals surface area contributed by atoms with Gasteiger partial charge in [0.25, 0.3) is 5.91 Å². The smallest absolute Gasteiger partial charge is 0.266 e. The summed E-state index contributed by atoms with van der Waals surface area (Å²) in [5.41, 5.74) is 0.631. The fourth-order valence-electron chi connectivity index (χ4n) is 2.06. The molecule has 8 heteroatoms. The van der Waals surface area contributed by atoms with Crippen molar-refractivity contribution in [2.45, 2.75) is 12.5 Å². The van der Waals surface area contributed by atoms with Gasteiger partial charge in [0.1, 0.15) is 5.75 Å². The number of hydrogen-bond donors (Lipinski definition) is 3. The lowest BCUT2D eigenvalue weighted by Crippen LogP contribution is -2.42. The molecule has 2 rings (SSSR count). The number of halogens is 1. The molecule has 0 saturated heterocycles. The molecule has 1 aliphatic rings. The van der Waals surface area contributed by atoms with Gasteiger partial charge in [-0.2, -0.15) is 0 Å². The fourth-order valence-corrected chi connectivity index (χ4v) is 2.06. The van der Waals surface area contributed by atoms with Gasteiger partial charge in [0.05, 0.1) is 18.7 Å². The molecule has 0 radical (unpaired) electrons. The number of carbonyl (C=O) groups is 2. The van der Waals surface area contributed by atoms with Crippen LogP contribution in [0.1, 0.15) is 6.42 Å². The summed E-state index contributed by atoms with van der Waals surface area (Å²) < 4.78 is 10.5. The predicted octanol–water partition coefficient (Wildman–Crippen LogP) is 0.550. The quantitative estimate of drug-likeness (QED) is 0.600. The van der Waals surface area contributed by atoms with Crippen LogP contribution in [0.25, 0.3) is 0 Å². The average molecular weight is 344 g/mol. The molecule has 23 heavy (non-hydrogen) atoms. The number of methoxy groups -OCH3 is 1. The maximum atomic E-state index is 11.9. The Balaban J connectivity index is 0.00000264. The Kier molecular flexibility index (Phi) is 8.39. The number of ether oxygens (including phenoxy) is 2. The number of para-hydroxylation sites is 2. The van der Waals surface area contributed by atoms with Crippen LogP contribution in [0.15, 0.2) is 24.3 Å². The van der Waals surface area contributed by atoms with Crippen LogP contribution >= 0.6 is 12.4 Å². The first-order valence-electron chi connectivity index (χ1n) is 7.23. The van der Waals surface area contributed by atoms with E-state index in [1.807, 2.05) is 12.1 Å². The Morgan fingerprint density at radius 3 is 2.87 bits per heavy atom. The monoisotopic (exact) mass is 343 g/mol. The molecule has 7 nitrogen and oxygen atoms in total. The van der Waals surface area contributed by atoms with Crippen LogP contribution in [0.2, 0.25) is 0 Å². The van der Waals surface area contributed by atoms with Gasteiger partial charge in [0, 0.05) is 26.7 Å². The van der Waals surface area contributed by atoms with E-state index >= 15 is 0 Å². The maximum Gasteiger partial charge on any atom is 0.266 e. The van der Waals surface area contributed by atoms with E-state index in [0.717, 1.165) is 6.54 Å². The standard InChI is InChI=1S/C15H21N3O4.ClH/c1-21-9-8-16-6-7-17-14(19)10-13-15(20)18-11-4-2-3-5-12(11)22-13;/h2-5,13,16H,6-10H2,1H3,(H,17,19)(H,18,20);1H. The van der Waals surface area contributed by atoms with E-state index < -0.39 is 6.10 Å². The second kappa shape index (κ2) is 10.0. The minimum Gasteiger partial charge on any atom is -0.478 e. The third kappa shape index (κ3) is 6.05. The lowest BCUT2D eigenvalue weighted by Gasteiger charge is -2.25. The number of amides is 2. The number of rotatable bonds is 8. The zero-order valence-electron chi connectivity index (χ0n) is 13.0. The minimum absolute atomic E-state index is 0. The molecule has 128 valence electrons. The first-order valence-corrected chi connectivity index (χ1v) is 7.23. The molecule has 0 fully saturated rings. The summed E-state index contributed by atoms with van der Waals surface area (Å²) in [7, 11) is 1.64. The van der Waals surface area contributed by atoms with Crippen molar-refractivity contribution in [3.05, 3.63) is 24.3 Å². The summed E-state index contributed by atoms with van der Waals surface area (Å²) in [5.74, 6) is 0.0706. The predicted molar refractivity (Wildman–Crippen MR) is 89.1 cm³/mol. The van der Waals surface area contributed by atoms with E-state index in [0.29, 0.717) is 31.1 Å². The Labute approximate surface area is 141 Å². The number of fused-ring (bicyclic) bond motifs is 1. The van der Waals surface area contributed by atoms with Crippen LogP contribution in [0.5, 0.6) is 5.75 Å². The van der Waals surface area contributed by atoms with Gasteiger partial charge in [-0.15, -0.1) is 12.4 Å². The highest BCUT2D eigenvalue weighted by Gasteiger charge is 2.29. The van der Waals surface area contributed by atoms with Crippen molar-refractivity contribution in [2.24, 2.45) is 0 Å². The molecule has 1 aromatic rings. The highest BCUT2D eigenvalue weighted by Crippen LogP contribution is 2.29. The van der Waals surface area contributed by atoms with E-state index in [1.54, 1.807) is 19.2 Å². The van der Waals surface area contributed by atoms with Gasteiger partial charge >= 0.3 is 0 Å². The average Bonchev–Trinajstić information content (AvgIpc) is 2.51. The Morgan fingerprint density at radius 2 is 2.09 bits per heavy atom. The highest BCUT2D eigenvalue weighted by molar-refractivity contribution is 5.99. The van der Waals surface area contributed by atoms with Gasteiger partial charge < -0.3 is 25.4 Å². The van der Waals surface area contributed by atoms with Crippen molar-refractivity contribution in [2.75, 3.05) is 38.7 Å². The van der Waals surface area contributed by atoms with Crippen molar-refractivity contribution in [1.82, 2.24) is 10.6 Å². The van der Waals surface area contributed by atoms with E-state index in [2.05, 4.69) is 16.0 Å². The molecular weight excluding hydrogens is 322 g/mol. The molecule has 1 aromatic carbocycles. The normalized spacial score (nSPS) is 15.7. The summed E-state index contributed by atoms with van der Waals surface area (Å²) in [4.78, 5) is 23.7. The van der Waals surface area contributed by atoms with Crippen LogP contribution in [-0.4, -0.2) is 51.3 Å². The van der Waals surface area contributed by atoms with Crippen LogP contribution < -0.4 is 20.7 Å². The lowest BCUT2D eigenvalue weighted by atomic mass is 10.1. The topological polar surface area (TPSA) is 88.7 Å². The number of carbonyl (C=O) groups excluding carboxylic acids is 2. The third-order valence-corrected chi connectivity index (χ3v) is 3.18. The first kappa shape index (κ1) is 19.2. The van der Waals surface area contributed by atoms with Crippen LogP contribution in [0.3, 0.4) is 0 Å². The van der Waals surface area contributed by atoms with Crippen molar-refractivity contribution >= 4 is 29.9 Å². The summed E-state index contributed by atoms with van der Waals surface area (Å²) in [6.07, 6.45) is -0.797.